The van der Waals surface area contributed by atoms with Crippen molar-refractivity contribution in [2.45, 2.75) is 19.5 Å². The molecule has 0 unspecified atom stereocenters. The molecule has 2 aromatic carbocycles. The van der Waals surface area contributed by atoms with E-state index >= 15 is 0 Å². The molecular formula is C20H22N4O3. The van der Waals surface area contributed by atoms with Crippen molar-refractivity contribution < 1.29 is 14.4 Å². The van der Waals surface area contributed by atoms with Crippen LogP contribution in [-0.2, 0) is 22.7 Å². The summed E-state index contributed by atoms with van der Waals surface area (Å²) in [5.41, 5.74) is 7.61. The number of urea groups is 1. The molecule has 0 radical (unpaired) electrons. The third kappa shape index (κ3) is 5.07. The van der Waals surface area contributed by atoms with Crippen molar-refractivity contribution in [3.05, 3.63) is 65.7 Å². The van der Waals surface area contributed by atoms with Gasteiger partial charge in [-0.1, -0.05) is 42.5 Å². The van der Waals surface area contributed by atoms with Crippen LogP contribution in [0.15, 0.2) is 54.6 Å². The predicted octanol–water partition coefficient (Wildman–Crippen LogP) is 1.84. The zero-order valence-electron chi connectivity index (χ0n) is 14.9. The lowest BCUT2D eigenvalue weighted by Crippen LogP contribution is -2.28. The van der Waals surface area contributed by atoms with Crippen molar-refractivity contribution in [3.63, 3.8) is 0 Å². The Labute approximate surface area is 157 Å². The number of nitrogens with two attached hydrogens (primary N) is 1. The van der Waals surface area contributed by atoms with Crippen molar-refractivity contribution >= 4 is 23.5 Å². The molecule has 0 aliphatic carbocycles. The quantitative estimate of drug-likeness (QED) is 0.726. The van der Waals surface area contributed by atoms with Gasteiger partial charge in [0.05, 0.1) is 5.92 Å². The van der Waals surface area contributed by atoms with Crippen LogP contribution in [0.3, 0.4) is 0 Å². The first-order chi connectivity index (χ1) is 13.0. The highest BCUT2D eigenvalue weighted by molar-refractivity contribution is 5.97. The van der Waals surface area contributed by atoms with Crippen molar-refractivity contribution in [2.24, 2.45) is 11.7 Å². The molecule has 1 aliphatic heterocycles. The molecule has 27 heavy (non-hydrogen) atoms. The van der Waals surface area contributed by atoms with Crippen LogP contribution in [-0.4, -0.2) is 29.3 Å². The third-order valence-electron chi connectivity index (χ3n) is 4.49. The second-order valence-corrected chi connectivity index (χ2v) is 6.56. The minimum atomic E-state index is -0.585. The zero-order chi connectivity index (χ0) is 19.2. The lowest BCUT2D eigenvalue weighted by molar-refractivity contribution is -0.128. The van der Waals surface area contributed by atoms with Crippen molar-refractivity contribution in [1.29, 1.82) is 0 Å². The molecule has 4 N–H and O–H groups in total. The summed E-state index contributed by atoms with van der Waals surface area (Å²) in [4.78, 5) is 37.2. The Hall–Kier alpha value is -3.35. The molecule has 1 heterocycles. The molecule has 1 atom stereocenters. The smallest absolute Gasteiger partial charge is 0.312 e. The number of nitrogens with one attached hydrogen (secondary N) is 2. The number of benzene rings is 2. The predicted molar refractivity (Wildman–Crippen MR) is 101 cm³/mol. The summed E-state index contributed by atoms with van der Waals surface area (Å²) in [7, 11) is 0. The molecule has 140 valence electrons. The summed E-state index contributed by atoms with van der Waals surface area (Å²) in [5, 5.41) is 5.36. The van der Waals surface area contributed by atoms with Crippen molar-refractivity contribution in [3.8, 4) is 0 Å². The normalized spacial score (nSPS) is 16.2. The van der Waals surface area contributed by atoms with Gasteiger partial charge in [0.2, 0.25) is 11.8 Å². The van der Waals surface area contributed by atoms with E-state index in [-0.39, 0.29) is 24.2 Å². The van der Waals surface area contributed by atoms with Gasteiger partial charge >= 0.3 is 6.03 Å². The van der Waals surface area contributed by atoms with Crippen LogP contribution in [0.4, 0.5) is 10.5 Å². The Bertz CT molecular complexity index is 821. The highest BCUT2D eigenvalue weighted by Gasteiger charge is 2.34. The average Bonchev–Trinajstić information content (AvgIpc) is 3.02. The zero-order valence-corrected chi connectivity index (χ0v) is 14.9. The second kappa shape index (κ2) is 8.35. The molecule has 7 heteroatoms. The first-order valence-electron chi connectivity index (χ1n) is 8.76. The van der Waals surface area contributed by atoms with E-state index in [0.29, 0.717) is 25.3 Å². The number of carbonyl (C=O) groups excluding carboxylic acids is 3. The highest BCUT2D eigenvalue weighted by Crippen LogP contribution is 2.22. The lowest BCUT2D eigenvalue weighted by Gasteiger charge is -2.16. The monoisotopic (exact) mass is 366 g/mol. The number of carbonyl (C=O) groups is 3. The minimum absolute atomic E-state index is 0.00752. The first-order valence-corrected chi connectivity index (χ1v) is 8.76. The third-order valence-corrected chi connectivity index (χ3v) is 4.49. The number of primary amides is 1. The molecule has 0 bridgehead atoms. The van der Waals surface area contributed by atoms with Crippen LogP contribution in [0, 0.1) is 5.92 Å². The maximum atomic E-state index is 12.5. The molecule has 1 fully saturated rings. The van der Waals surface area contributed by atoms with E-state index in [4.69, 9.17) is 5.73 Å². The molecule has 1 saturated heterocycles. The molecule has 0 saturated carbocycles. The number of anilines is 1. The molecule has 4 amide bonds. The standard InChI is InChI=1S/C20H22N4O3/c21-20(27)22-11-14-6-8-17(9-7-14)23-19(26)16-10-18(25)24(13-16)12-15-4-2-1-3-5-15/h1-9,16H,10-13H2,(H,23,26)(H3,21,22,27)/t16-/m1/s1. The van der Waals surface area contributed by atoms with Crippen LogP contribution < -0.4 is 16.4 Å². The fourth-order valence-corrected chi connectivity index (χ4v) is 3.04. The van der Waals surface area contributed by atoms with Gasteiger partial charge in [-0.3, -0.25) is 9.59 Å². The minimum Gasteiger partial charge on any atom is -0.352 e. The Morgan fingerprint density at radius 3 is 2.41 bits per heavy atom. The Morgan fingerprint density at radius 2 is 1.74 bits per heavy atom. The highest BCUT2D eigenvalue weighted by atomic mass is 16.2. The molecule has 0 aromatic heterocycles. The van der Waals surface area contributed by atoms with Crippen LogP contribution in [0.5, 0.6) is 0 Å². The van der Waals surface area contributed by atoms with Gasteiger partial charge in [0.15, 0.2) is 0 Å². The number of nitrogens with zero attached hydrogens (tertiary/aromatic N) is 1. The van der Waals surface area contributed by atoms with Gasteiger partial charge in [-0.25, -0.2) is 4.79 Å². The fraction of sp³-hybridized carbons (Fsp3) is 0.250. The van der Waals surface area contributed by atoms with Crippen LogP contribution in [0.25, 0.3) is 0 Å². The van der Waals surface area contributed by atoms with Gasteiger partial charge in [-0.2, -0.15) is 0 Å². The molecule has 7 nitrogen and oxygen atoms in total. The van der Waals surface area contributed by atoms with Gasteiger partial charge in [0, 0.05) is 31.7 Å². The van der Waals surface area contributed by atoms with Crippen LogP contribution in [0.1, 0.15) is 17.5 Å². The summed E-state index contributed by atoms with van der Waals surface area (Å²) in [6.07, 6.45) is 0.222. The maximum Gasteiger partial charge on any atom is 0.312 e. The summed E-state index contributed by atoms with van der Waals surface area (Å²) in [6.45, 7) is 1.26. The van der Waals surface area contributed by atoms with E-state index in [1.54, 1.807) is 29.2 Å². The molecule has 1 aliphatic rings. The van der Waals surface area contributed by atoms with Crippen LogP contribution >= 0.6 is 0 Å². The maximum absolute atomic E-state index is 12.5. The van der Waals surface area contributed by atoms with E-state index in [0.717, 1.165) is 11.1 Å². The Balaban J connectivity index is 1.54. The molecule has 0 spiro atoms. The molecule has 2 aromatic rings. The summed E-state index contributed by atoms with van der Waals surface area (Å²) in [6, 6.07) is 16.3. The number of hydrogen-bond acceptors (Lipinski definition) is 3. The summed E-state index contributed by atoms with van der Waals surface area (Å²) < 4.78 is 0. The summed E-state index contributed by atoms with van der Waals surface area (Å²) >= 11 is 0. The van der Waals surface area contributed by atoms with E-state index in [1.165, 1.54) is 0 Å². The van der Waals surface area contributed by atoms with Crippen molar-refractivity contribution in [2.75, 3.05) is 11.9 Å². The molecule has 3 rings (SSSR count). The number of hydrogen-bond donors (Lipinski definition) is 3. The van der Waals surface area contributed by atoms with E-state index in [2.05, 4.69) is 10.6 Å². The van der Waals surface area contributed by atoms with Crippen LogP contribution in [0.2, 0.25) is 0 Å². The average molecular weight is 366 g/mol. The molecular weight excluding hydrogens is 344 g/mol. The van der Waals surface area contributed by atoms with E-state index in [1.807, 2.05) is 30.3 Å². The van der Waals surface area contributed by atoms with Gasteiger partial charge in [0.1, 0.15) is 0 Å². The van der Waals surface area contributed by atoms with E-state index < -0.39 is 6.03 Å². The van der Waals surface area contributed by atoms with Gasteiger partial charge in [-0.05, 0) is 23.3 Å². The SMILES string of the molecule is NC(=O)NCc1ccc(NC(=O)[C@@H]2CC(=O)N(Cc3ccccc3)C2)cc1. The first kappa shape index (κ1) is 18.4. The Kier molecular flexibility index (Phi) is 5.71. The van der Waals surface area contributed by atoms with E-state index in [9.17, 15) is 14.4 Å². The second-order valence-electron chi connectivity index (χ2n) is 6.56. The summed E-state index contributed by atoms with van der Waals surface area (Å²) in [5.74, 6) is -0.536. The Morgan fingerprint density at radius 1 is 1.04 bits per heavy atom. The van der Waals surface area contributed by atoms with Gasteiger partial charge in [-0.15, -0.1) is 0 Å². The van der Waals surface area contributed by atoms with Gasteiger partial charge < -0.3 is 21.3 Å². The van der Waals surface area contributed by atoms with Crippen molar-refractivity contribution in [1.82, 2.24) is 10.2 Å². The van der Waals surface area contributed by atoms with Gasteiger partial charge in [0.25, 0.3) is 0 Å². The largest absolute Gasteiger partial charge is 0.352 e. The lowest BCUT2D eigenvalue weighted by atomic mass is 10.1. The number of likely N-dealkylation sites (tertiary alicyclic amines) is 1. The number of amides is 4. The fourth-order valence-electron chi connectivity index (χ4n) is 3.04. The number of rotatable bonds is 6. The topological polar surface area (TPSA) is 105 Å².